The monoisotopic (exact) mass is 244 g/mol. The zero-order chi connectivity index (χ0) is 11.3. The maximum atomic E-state index is 11.3. The fraction of sp³-hybridized carbons (Fsp3) is 0.364. The Kier molecular flexibility index (Phi) is 4.99. The second kappa shape index (κ2) is 6.03. The fourth-order valence-corrected chi connectivity index (χ4v) is 2.04. The van der Waals surface area contributed by atoms with Crippen LogP contribution in [0.5, 0.6) is 0 Å². The number of halogens is 1. The molecule has 0 saturated heterocycles. The van der Waals surface area contributed by atoms with E-state index in [0.717, 1.165) is 10.5 Å². The van der Waals surface area contributed by atoms with Crippen molar-refractivity contribution in [1.29, 1.82) is 0 Å². The highest BCUT2D eigenvalue weighted by Crippen LogP contribution is 2.24. The molecular formula is C11H13ClO2S. The van der Waals surface area contributed by atoms with Crippen molar-refractivity contribution < 1.29 is 9.53 Å². The van der Waals surface area contributed by atoms with Gasteiger partial charge in [-0.2, -0.15) is 0 Å². The second-order valence-corrected chi connectivity index (χ2v) is 4.22. The summed E-state index contributed by atoms with van der Waals surface area (Å²) in [5.41, 5.74) is 0.924. The highest BCUT2D eigenvalue weighted by Gasteiger charge is 2.08. The molecule has 1 aromatic carbocycles. The van der Waals surface area contributed by atoms with Gasteiger partial charge in [0.2, 0.25) is 0 Å². The number of esters is 1. The summed E-state index contributed by atoms with van der Waals surface area (Å²) in [7, 11) is 0. The summed E-state index contributed by atoms with van der Waals surface area (Å²) in [6.45, 7) is 2.21. The number of carbonyl (C=O) groups excluding carboxylic acids is 1. The number of thioether (sulfide) groups is 1. The van der Waals surface area contributed by atoms with Gasteiger partial charge in [-0.1, -0.05) is 11.6 Å². The summed E-state index contributed by atoms with van der Waals surface area (Å²) in [5, 5.41) is 0.645. The number of ether oxygens (including phenoxy) is 1. The number of benzene rings is 1. The first-order valence-electron chi connectivity index (χ1n) is 4.65. The molecule has 0 aliphatic rings. The fourth-order valence-electron chi connectivity index (χ4n) is 1.25. The van der Waals surface area contributed by atoms with E-state index in [0.29, 0.717) is 11.6 Å². The Bertz CT molecular complexity index is 352. The SMILES string of the molecule is CCOC(=O)Cc1cc(Cl)ccc1SC. The zero-order valence-corrected chi connectivity index (χ0v) is 10.3. The Morgan fingerprint density at radius 1 is 1.53 bits per heavy atom. The molecule has 0 amide bonds. The third kappa shape index (κ3) is 3.76. The van der Waals surface area contributed by atoms with Crippen molar-refractivity contribution >= 4 is 29.3 Å². The maximum absolute atomic E-state index is 11.3. The van der Waals surface area contributed by atoms with E-state index in [1.54, 1.807) is 18.7 Å². The minimum Gasteiger partial charge on any atom is -0.466 e. The first-order chi connectivity index (χ1) is 7.17. The van der Waals surface area contributed by atoms with E-state index >= 15 is 0 Å². The normalized spacial score (nSPS) is 10.1. The molecule has 0 saturated carbocycles. The second-order valence-electron chi connectivity index (χ2n) is 2.94. The van der Waals surface area contributed by atoms with Crippen LogP contribution in [-0.2, 0) is 16.0 Å². The van der Waals surface area contributed by atoms with Crippen molar-refractivity contribution in [1.82, 2.24) is 0 Å². The van der Waals surface area contributed by atoms with Crippen molar-refractivity contribution in [2.75, 3.05) is 12.9 Å². The number of rotatable bonds is 4. The summed E-state index contributed by atoms with van der Waals surface area (Å²) in [4.78, 5) is 12.4. The van der Waals surface area contributed by atoms with Gasteiger partial charge in [-0.3, -0.25) is 4.79 Å². The average Bonchev–Trinajstić information content (AvgIpc) is 2.18. The van der Waals surface area contributed by atoms with Gasteiger partial charge in [-0.15, -0.1) is 11.8 Å². The molecule has 2 nitrogen and oxygen atoms in total. The van der Waals surface area contributed by atoms with Gasteiger partial charge in [0.1, 0.15) is 0 Å². The summed E-state index contributed by atoms with van der Waals surface area (Å²) in [5.74, 6) is -0.213. The quantitative estimate of drug-likeness (QED) is 0.601. The molecule has 82 valence electrons. The number of carbonyl (C=O) groups is 1. The molecule has 0 N–H and O–H groups in total. The Balaban J connectivity index is 2.82. The molecule has 0 unspecified atom stereocenters. The topological polar surface area (TPSA) is 26.3 Å². The van der Waals surface area contributed by atoms with Gasteiger partial charge in [0, 0.05) is 9.92 Å². The van der Waals surface area contributed by atoms with Crippen molar-refractivity contribution in [3.63, 3.8) is 0 Å². The molecule has 0 atom stereocenters. The molecule has 15 heavy (non-hydrogen) atoms. The first-order valence-corrected chi connectivity index (χ1v) is 6.25. The smallest absolute Gasteiger partial charge is 0.310 e. The molecular weight excluding hydrogens is 232 g/mol. The molecule has 0 fully saturated rings. The van der Waals surface area contributed by atoms with Gasteiger partial charge < -0.3 is 4.74 Å². The number of hydrogen-bond acceptors (Lipinski definition) is 3. The van der Waals surface area contributed by atoms with E-state index in [4.69, 9.17) is 16.3 Å². The molecule has 1 aromatic rings. The summed E-state index contributed by atoms with van der Waals surface area (Å²) >= 11 is 7.47. The van der Waals surface area contributed by atoms with Gasteiger partial charge >= 0.3 is 5.97 Å². The van der Waals surface area contributed by atoms with Crippen LogP contribution in [0.3, 0.4) is 0 Å². The van der Waals surface area contributed by atoms with Crippen molar-refractivity contribution in [3.8, 4) is 0 Å². The van der Waals surface area contributed by atoms with Crippen LogP contribution in [0.1, 0.15) is 12.5 Å². The molecule has 0 heterocycles. The van der Waals surface area contributed by atoms with E-state index in [9.17, 15) is 4.79 Å². The predicted octanol–water partition coefficient (Wildman–Crippen LogP) is 3.17. The third-order valence-corrected chi connectivity index (χ3v) is 2.96. The van der Waals surface area contributed by atoms with Crippen molar-refractivity contribution in [3.05, 3.63) is 28.8 Å². The zero-order valence-electron chi connectivity index (χ0n) is 8.75. The number of hydrogen-bond donors (Lipinski definition) is 0. The van der Waals surface area contributed by atoms with Crippen molar-refractivity contribution in [2.45, 2.75) is 18.2 Å². The highest BCUT2D eigenvalue weighted by molar-refractivity contribution is 7.98. The van der Waals surface area contributed by atoms with Gasteiger partial charge in [0.15, 0.2) is 0 Å². The van der Waals surface area contributed by atoms with E-state index in [2.05, 4.69) is 0 Å². The average molecular weight is 245 g/mol. The predicted molar refractivity (Wildman–Crippen MR) is 63.6 cm³/mol. The molecule has 0 aliphatic carbocycles. The first kappa shape index (κ1) is 12.4. The summed E-state index contributed by atoms with van der Waals surface area (Å²) in [6.07, 6.45) is 2.25. The minimum absolute atomic E-state index is 0.213. The van der Waals surface area contributed by atoms with Crippen LogP contribution in [0, 0.1) is 0 Å². The largest absolute Gasteiger partial charge is 0.466 e. The summed E-state index contributed by atoms with van der Waals surface area (Å²) < 4.78 is 4.89. The van der Waals surface area contributed by atoms with Gasteiger partial charge in [0.25, 0.3) is 0 Å². The van der Waals surface area contributed by atoms with E-state index in [-0.39, 0.29) is 12.4 Å². The molecule has 0 aliphatic heterocycles. The Morgan fingerprint density at radius 3 is 2.87 bits per heavy atom. The Hall–Kier alpha value is -0.670. The van der Waals surface area contributed by atoms with Gasteiger partial charge in [0.05, 0.1) is 13.0 Å². The van der Waals surface area contributed by atoms with Crippen LogP contribution in [0.4, 0.5) is 0 Å². The Morgan fingerprint density at radius 2 is 2.27 bits per heavy atom. The molecule has 0 spiro atoms. The van der Waals surface area contributed by atoms with Gasteiger partial charge in [-0.05, 0) is 36.9 Å². The van der Waals surface area contributed by atoms with Crippen LogP contribution in [0.25, 0.3) is 0 Å². The van der Waals surface area contributed by atoms with Crippen LogP contribution in [0.2, 0.25) is 5.02 Å². The van der Waals surface area contributed by atoms with E-state index in [1.165, 1.54) is 0 Å². The van der Waals surface area contributed by atoms with Crippen molar-refractivity contribution in [2.24, 2.45) is 0 Å². The Labute approximate surface area is 99.0 Å². The van der Waals surface area contributed by atoms with E-state index < -0.39 is 0 Å². The van der Waals surface area contributed by atoms with Gasteiger partial charge in [-0.25, -0.2) is 0 Å². The molecule has 0 radical (unpaired) electrons. The molecule has 4 heteroatoms. The lowest BCUT2D eigenvalue weighted by Crippen LogP contribution is -2.08. The lowest BCUT2D eigenvalue weighted by molar-refractivity contribution is -0.142. The lowest BCUT2D eigenvalue weighted by atomic mass is 10.1. The minimum atomic E-state index is -0.213. The maximum Gasteiger partial charge on any atom is 0.310 e. The molecule has 0 aromatic heterocycles. The van der Waals surface area contributed by atoms with Crippen LogP contribution in [-0.4, -0.2) is 18.8 Å². The molecule has 1 rings (SSSR count). The van der Waals surface area contributed by atoms with Crippen LogP contribution in [0.15, 0.2) is 23.1 Å². The van der Waals surface area contributed by atoms with E-state index in [1.807, 2.05) is 24.5 Å². The van der Waals surface area contributed by atoms with Crippen LogP contribution < -0.4 is 0 Å². The summed E-state index contributed by atoms with van der Waals surface area (Å²) in [6, 6.07) is 5.55. The lowest BCUT2D eigenvalue weighted by Gasteiger charge is -2.07. The van der Waals surface area contributed by atoms with Crippen LogP contribution >= 0.6 is 23.4 Å². The highest BCUT2D eigenvalue weighted by atomic mass is 35.5. The third-order valence-electron chi connectivity index (χ3n) is 1.88. The molecule has 0 bridgehead atoms. The standard InChI is InChI=1S/C11H13ClO2S/c1-3-14-11(13)7-8-6-9(12)4-5-10(8)15-2/h4-6H,3,7H2,1-2H3.